The molecule has 0 aromatic heterocycles. The van der Waals surface area contributed by atoms with Gasteiger partial charge in [0.2, 0.25) is 0 Å². The molecule has 2 rings (SSSR count). The lowest BCUT2D eigenvalue weighted by molar-refractivity contribution is 0.921. The van der Waals surface area contributed by atoms with Crippen molar-refractivity contribution in [3.8, 4) is 0 Å². The maximum atomic E-state index is 5.41. The van der Waals surface area contributed by atoms with Gasteiger partial charge in [-0.1, -0.05) is 35.4 Å². The van der Waals surface area contributed by atoms with Crippen molar-refractivity contribution in [3.63, 3.8) is 0 Å². The van der Waals surface area contributed by atoms with Gasteiger partial charge in [0.05, 0.1) is 0 Å². The van der Waals surface area contributed by atoms with E-state index in [1.807, 2.05) is 0 Å². The number of aryl methyl sites for hydroxylation is 5. The Bertz CT molecular complexity index is 685. The number of nitrogens with one attached hydrogen (secondary N) is 2. The van der Waals surface area contributed by atoms with Crippen LogP contribution < -0.4 is 10.6 Å². The van der Waals surface area contributed by atoms with Gasteiger partial charge in [0.1, 0.15) is 0 Å². The van der Waals surface area contributed by atoms with Gasteiger partial charge in [0.15, 0.2) is 5.11 Å². The van der Waals surface area contributed by atoms with Gasteiger partial charge in [0, 0.05) is 12.2 Å². The summed E-state index contributed by atoms with van der Waals surface area (Å²) in [5.74, 6) is 0. The zero-order valence-corrected chi connectivity index (χ0v) is 14.8. The van der Waals surface area contributed by atoms with Crippen LogP contribution in [0.1, 0.15) is 33.4 Å². The fourth-order valence-electron chi connectivity index (χ4n) is 2.62. The first-order valence-corrected chi connectivity index (χ1v) is 7.96. The molecule has 0 unspecified atom stereocenters. The molecular formula is C19H24N2S. The number of hydrogen-bond acceptors (Lipinski definition) is 1. The topological polar surface area (TPSA) is 24.1 Å². The summed E-state index contributed by atoms with van der Waals surface area (Å²) in [5, 5.41) is 7.24. The van der Waals surface area contributed by atoms with Crippen LogP contribution >= 0.6 is 12.2 Å². The third-order valence-corrected chi connectivity index (χ3v) is 4.07. The number of hydrogen-bond donors (Lipinski definition) is 2. The molecule has 2 aromatic rings. The lowest BCUT2D eigenvalue weighted by atomic mass is 10.1. The molecule has 0 aliphatic rings. The minimum Gasteiger partial charge on any atom is -0.358 e. The molecule has 22 heavy (non-hydrogen) atoms. The van der Waals surface area contributed by atoms with Gasteiger partial charge in [-0.15, -0.1) is 0 Å². The van der Waals surface area contributed by atoms with Crippen molar-refractivity contribution in [2.24, 2.45) is 0 Å². The molecule has 0 radical (unpaired) electrons. The Balaban J connectivity index is 2.00. The van der Waals surface area contributed by atoms with Crippen LogP contribution in [0.4, 0.5) is 5.69 Å². The van der Waals surface area contributed by atoms with Crippen molar-refractivity contribution >= 4 is 23.0 Å². The molecule has 0 aliphatic heterocycles. The van der Waals surface area contributed by atoms with E-state index in [9.17, 15) is 0 Å². The summed E-state index contributed by atoms with van der Waals surface area (Å²) in [6, 6.07) is 10.9. The standard InChI is InChI=1S/C19H24N2S/c1-12-6-13(2)8-17(7-12)11-20-19(22)21-18-10-15(4)14(3)9-16(18)5/h6-10H,11H2,1-5H3,(H2,20,21,22). The summed E-state index contributed by atoms with van der Waals surface area (Å²) >= 11 is 5.41. The van der Waals surface area contributed by atoms with Crippen molar-refractivity contribution in [2.75, 3.05) is 5.32 Å². The predicted molar refractivity (Wildman–Crippen MR) is 99.6 cm³/mol. The van der Waals surface area contributed by atoms with E-state index < -0.39 is 0 Å². The van der Waals surface area contributed by atoms with Crippen LogP contribution in [0.5, 0.6) is 0 Å². The molecule has 0 aliphatic carbocycles. The fraction of sp³-hybridized carbons (Fsp3) is 0.316. The molecule has 2 N–H and O–H groups in total. The molecule has 0 saturated heterocycles. The van der Waals surface area contributed by atoms with Crippen LogP contribution in [0.25, 0.3) is 0 Å². The first-order valence-electron chi connectivity index (χ1n) is 7.55. The van der Waals surface area contributed by atoms with E-state index >= 15 is 0 Å². The minimum atomic E-state index is 0.658. The van der Waals surface area contributed by atoms with Crippen LogP contribution in [-0.2, 0) is 6.54 Å². The molecule has 0 amide bonds. The minimum absolute atomic E-state index is 0.658. The van der Waals surface area contributed by atoms with Gasteiger partial charge < -0.3 is 10.6 Å². The molecule has 2 nitrogen and oxygen atoms in total. The fourth-order valence-corrected chi connectivity index (χ4v) is 2.80. The molecule has 0 heterocycles. The molecule has 2 aromatic carbocycles. The highest BCUT2D eigenvalue weighted by Gasteiger charge is 2.04. The quantitative estimate of drug-likeness (QED) is 0.802. The molecule has 0 atom stereocenters. The highest BCUT2D eigenvalue weighted by molar-refractivity contribution is 7.80. The third kappa shape index (κ3) is 4.31. The Kier molecular flexibility index (Phi) is 5.19. The smallest absolute Gasteiger partial charge is 0.171 e. The van der Waals surface area contributed by atoms with Crippen molar-refractivity contribution in [3.05, 3.63) is 63.7 Å². The Morgan fingerprint density at radius 3 is 2.05 bits per heavy atom. The first-order chi connectivity index (χ1) is 10.3. The van der Waals surface area contributed by atoms with Gasteiger partial charge in [-0.2, -0.15) is 0 Å². The summed E-state index contributed by atoms with van der Waals surface area (Å²) in [4.78, 5) is 0. The Morgan fingerprint density at radius 1 is 0.818 bits per heavy atom. The lowest BCUT2D eigenvalue weighted by Gasteiger charge is -2.15. The second-order valence-corrected chi connectivity index (χ2v) is 6.46. The number of benzene rings is 2. The summed E-state index contributed by atoms with van der Waals surface area (Å²) in [7, 11) is 0. The third-order valence-electron chi connectivity index (χ3n) is 3.82. The maximum absolute atomic E-state index is 5.41. The zero-order valence-electron chi connectivity index (χ0n) is 14.0. The molecule has 0 bridgehead atoms. The zero-order chi connectivity index (χ0) is 16.3. The summed E-state index contributed by atoms with van der Waals surface area (Å²) in [5.41, 5.74) is 8.65. The Morgan fingerprint density at radius 2 is 1.41 bits per heavy atom. The van der Waals surface area contributed by atoms with Crippen molar-refractivity contribution in [2.45, 2.75) is 41.2 Å². The second kappa shape index (κ2) is 6.93. The van der Waals surface area contributed by atoms with Crippen molar-refractivity contribution < 1.29 is 0 Å². The Hall–Kier alpha value is -1.87. The monoisotopic (exact) mass is 312 g/mol. The predicted octanol–water partition coefficient (Wildman–Crippen LogP) is 4.72. The van der Waals surface area contributed by atoms with E-state index in [4.69, 9.17) is 12.2 Å². The molecule has 0 saturated carbocycles. The molecule has 0 fully saturated rings. The van der Waals surface area contributed by atoms with E-state index in [0.29, 0.717) is 5.11 Å². The Labute approximate surface area is 139 Å². The number of rotatable bonds is 3. The van der Waals surface area contributed by atoms with Gasteiger partial charge in [-0.05, 0) is 75.2 Å². The average molecular weight is 312 g/mol. The van der Waals surface area contributed by atoms with Crippen LogP contribution in [0, 0.1) is 34.6 Å². The number of anilines is 1. The van der Waals surface area contributed by atoms with Crippen LogP contribution in [0.2, 0.25) is 0 Å². The number of thiocarbonyl (C=S) groups is 1. The van der Waals surface area contributed by atoms with E-state index in [0.717, 1.165) is 12.2 Å². The van der Waals surface area contributed by atoms with Gasteiger partial charge in [-0.3, -0.25) is 0 Å². The highest BCUT2D eigenvalue weighted by Crippen LogP contribution is 2.20. The summed E-state index contributed by atoms with van der Waals surface area (Å²) in [6.45, 7) is 11.3. The van der Waals surface area contributed by atoms with Crippen molar-refractivity contribution in [1.29, 1.82) is 0 Å². The SMILES string of the molecule is Cc1cc(C)cc(CNC(=S)Nc2cc(C)c(C)cc2C)c1. The average Bonchev–Trinajstić information content (AvgIpc) is 2.41. The molecule has 3 heteroatoms. The van der Waals surface area contributed by atoms with E-state index in [1.54, 1.807) is 0 Å². The van der Waals surface area contributed by atoms with Crippen LogP contribution in [0.3, 0.4) is 0 Å². The summed E-state index contributed by atoms with van der Waals surface area (Å²) in [6.07, 6.45) is 0. The highest BCUT2D eigenvalue weighted by atomic mass is 32.1. The van der Waals surface area contributed by atoms with Gasteiger partial charge in [-0.25, -0.2) is 0 Å². The first kappa shape index (κ1) is 16.5. The largest absolute Gasteiger partial charge is 0.358 e. The molecule has 0 spiro atoms. The van der Waals surface area contributed by atoms with Crippen molar-refractivity contribution in [1.82, 2.24) is 5.32 Å². The summed E-state index contributed by atoms with van der Waals surface area (Å²) < 4.78 is 0. The van der Waals surface area contributed by atoms with E-state index in [-0.39, 0.29) is 0 Å². The molecule has 116 valence electrons. The maximum Gasteiger partial charge on any atom is 0.171 e. The van der Waals surface area contributed by atoms with Crippen LogP contribution in [-0.4, -0.2) is 5.11 Å². The van der Waals surface area contributed by atoms with Crippen LogP contribution in [0.15, 0.2) is 30.3 Å². The van der Waals surface area contributed by atoms with Gasteiger partial charge in [0.25, 0.3) is 0 Å². The van der Waals surface area contributed by atoms with E-state index in [2.05, 4.69) is 75.6 Å². The normalized spacial score (nSPS) is 10.4. The molecular weight excluding hydrogens is 288 g/mol. The lowest BCUT2D eigenvalue weighted by Crippen LogP contribution is -2.28. The van der Waals surface area contributed by atoms with Gasteiger partial charge >= 0.3 is 0 Å². The second-order valence-electron chi connectivity index (χ2n) is 6.06. The van der Waals surface area contributed by atoms with E-state index in [1.165, 1.54) is 33.4 Å².